The summed E-state index contributed by atoms with van der Waals surface area (Å²) >= 11 is 0. The fourth-order valence-corrected chi connectivity index (χ4v) is 2.40. The second-order valence-electron chi connectivity index (χ2n) is 5.15. The predicted molar refractivity (Wildman–Crippen MR) is 71.6 cm³/mol. The Labute approximate surface area is 109 Å². The van der Waals surface area contributed by atoms with Gasteiger partial charge in [-0.3, -0.25) is 4.90 Å². The molecule has 4 heteroatoms. The van der Waals surface area contributed by atoms with Crippen molar-refractivity contribution in [3.63, 3.8) is 0 Å². The molecule has 1 N–H and O–H groups in total. The summed E-state index contributed by atoms with van der Waals surface area (Å²) in [6.07, 6.45) is 4.47. The van der Waals surface area contributed by atoms with Gasteiger partial charge in [-0.15, -0.1) is 0 Å². The van der Waals surface area contributed by atoms with Crippen LogP contribution in [0, 0.1) is 0 Å². The Morgan fingerprint density at radius 2 is 2.28 bits per heavy atom. The smallest absolute Gasteiger partial charge is 0.122 e. The summed E-state index contributed by atoms with van der Waals surface area (Å²) in [6, 6.07) is 4.88. The van der Waals surface area contributed by atoms with Crippen LogP contribution in [0.25, 0.3) is 0 Å². The molecule has 0 bridgehead atoms. The minimum Gasteiger partial charge on any atom is -0.468 e. The Morgan fingerprint density at radius 3 is 2.83 bits per heavy atom. The highest BCUT2D eigenvalue weighted by molar-refractivity contribution is 5.05. The molecule has 1 unspecified atom stereocenters. The lowest BCUT2D eigenvalue weighted by Crippen LogP contribution is -2.47. The van der Waals surface area contributed by atoms with Crippen molar-refractivity contribution >= 4 is 0 Å². The number of likely N-dealkylation sites (N-methyl/N-ethyl adjacent to an activating group) is 1. The number of rotatable bonds is 7. The van der Waals surface area contributed by atoms with Crippen molar-refractivity contribution in [3.05, 3.63) is 24.2 Å². The van der Waals surface area contributed by atoms with Crippen LogP contribution in [-0.4, -0.2) is 44.3 Å². The van der Waals surface area contributed by atoms with Gasteiger partial charge in [-0.05, 0) is 46.0 Å². The van der Waals surface area contributed by atoms with Crippen molar-refractivity contribution in [1.82, 2.24) is 10.2 Å². The first-order valence-electron chi connectivity index (χ1n) is 6.75. The molecule has 1 fully saturated rings. The maximum absolute atomic E-state index is 5.57. The van der Waals surface area contributed by atoms with Crippen LogP contribution >= 0.6 is 0 Å². The van der Waals surface area contributed by atoms with Crippen LogP contribution in [0.4, 0.5) is 0 Å². The van der Waals surface area contributed by atoms with Gasteiger partial charge >= 0.3 is 0 Å². The van der Waals surface area contributed by atoms with E-state index in [9.17, 15) is 0 Å². The van der Waals surface area contributed by atoms with Gasteiger partial charge in [0.05, 0.1) is 18.4 Å². The third kappa shape index (κ3) is 3.34. The second-order valence-corrected chi connectivity index (χ2v) is 5.15. The summed E-state index contributed by atoms with van der Waals surface area (Å²) in [7, 11) is 4.16. The van der Waals surface area contributed by atoms with E-state index in [2.05, 4.69) is 31.2 Å². The summed E-state index contributed by atoms with van der Waals surface area (Å²) < 4.78 is 11.1. The van der Waals surface area contributed by atoms with Crippen LogP contribution in [0.5, 0.6) is 0 Å². The zero-order chi connectivity index (χ0) is 13.0. The van der Waals surface area contributed by atoms with Crippen molar-refractivity contribution in [2.45, 2.75) is 38.0 Å². The van der Waals surface area contributed by atoms with Gasteiger partial charge in [-0.25, -0.2) is 0 Å². The van der Waals surface area contributed by atoms with Crippen LogP contribution in [0.2, 0.25) is 0 Å². The van der Waals surface area contributed by atoms with Gasteiger partial charge in [0.25, 0.3) is 0 Å². The fraction of sp³-hybridized carbons (Fsp3) is 0.714. The minimum absolute atomic E-state index is 0.297. The SMILES string of the molecule is CCOC1CC(NCC(c2ccco2)N(C)C)C1. The van der Waals surface area contributed by atoms with Gasteiger partial charge in [0.2, 0.25) is 0 Å². The van der Waals surface area contributed by atoms with Crippen LogP contribution in [0.3, 0.4) is 0 Å². The summed E-state index contributed by atoms with van der Waals surface area (Å²) in [5.41, 5.74) is 0. The molecule has 0 saturated heterocycles. The molecule has 1 atom stereocenters. The molecule has 0 aromatic carbocycles. The van der Waals surface area contributed by atoms with Gasteiger partial charge in [0.1, 0.15) is 5.76 Å². The van der Waals surface area contributed by atoms with E-state index >= 15 is 0 Å². The average Bonchev–Trinajstić information content (AvgIpc) is 2.78. The van der Waals surface area contributed by atoms with E-state index in [-0.39, 0.29) is 0 Å². The summed E-state index contributed by atoms with van der Waals surface area (Å²) in [5, 5.41) is 3.60. The van der Waals surface area contributed by atoms with E-state index in [1.54, 1.807) is 6.26 Å². The molecule has 1 saturated carbocycles. The van der Waals surface area contributed by atoms with Crippen LogP contribution in [0.15, 0.2) is 22.8 Å². The van der Waals surface area contributed by atoms with Gasteiger partial charge in [-0.2, -0.15) is 0 Å². The lowest BCUT2D eigenvalue weighted by atomic mass is 9.89. The first-order chi connectivity index (χ1) is 8.70. The predicted octanol–water partition coefficient (Wildman–Crippen LogP) is 2.04. The van der Waals surface area contributed by atoms with Crippen LogP contribution in [-0.2, 0) is 4.74 Å². The molecule has 1 aliphatic rings. The highest BCUT2D eigenvalue weighted by atomic mass is 16.5. The maximum atomic E-state index is 5.57. The van der Waals surface area contributed by atoms with Gasteiger partial charge in [-0.1, -0.05) is 0 Å². The molecule has 2 rings (SSSR count). The number of furan rings is 1. The van der Waals surface area contributed by atoms with E-state index < -0.39 is 0 Å². The summed E-state index contributed by atoms with van der Waals surface area (Å²) in [6.45, 7) is 3.80. The van der Waals surface area contributed by atoms with Crippen LogP contribution in [0.1, 0.15) is 31.6 Å². The van der Waals surface area contributed by atoms with Gasteiger partial charge in [0, 0.05) is 19.2 Å². The van der Waals surface area contributed by atoms with Crippen molar-refractivity contribution < 1.29 is 9.15 Å². The van der Waals surface area contributed by atoms with Crippen molar-refractivity contribution in [2.75, 3.05) is 27.2 Å². The standard InChI is InChI=1S/C14H24N2O2/c1-4-17-12-8-11(9-12)15-10-13(16(2)3)14-6-5-7-18-14/h5-7,11-13,15H,4,8-10H2,1-3H3. The molecule has 1 heterocycles. The Kier molecular flexibility index (Phi) is 4.80. The van der Waals surface area contributed by atoms with Crippen LogP contribution < -0.4 is 5.32 Å². The molecular formula is C14H24N2O2. The number of nitrogens with one attached hydrogen (secondary N) is 1. The Morgan fingerprint density at radius 1 is 1.50 bits per heavy atom. The van der Waals surface area contributed by atoms with E-state index in [1.807, 2.05) is 12.1 Å². The highest BCUT2D eigenvalue weighted by Crippen LogP contribution is 2.24. The summed E-state index contributed by atoms with van der Waals surface area (Å²) in [5.74, 6) is 1.02. The van der Waals surface area contributed by atoms with E-state index in [0.29, 0.717) is 18.2 Å². The molecule has 0 radical (unpaired) electrons. The third-order valence-corrected chi connectivity index (χ3v) is 3.59. The molecule has 4 nitrogen and oxygen atoms in total. The van der Waals surface area contributed by atoms with E-state index in [0.717, 1.165) is 31.8 Å². The largest absolute Gasteiger partial charge is 0.468 e. The van der Waals surface area contributed by atoms with Crippen molar-refractivity contribution in [2.24, 2.45) is 0 Å². The quantitative estimate of drug-likeness (QED) is 0.806. The lowest BCUT2D eigenvalue weighted by molar-refractivity contribution is -0.0111. The molecular weight excluding hydrogens is 228 g/mol. The average molecular weight is 252 g/mol. The normalized spacial score (nSPS) is 25.1. The molecule has 1 aromatic rings. The third-order valence-electron chi connectivity index (χ3n) is 3.59. The number of hydrogen-bond acceptors (Lipinski definition) is 4. The second kappa shape index (κ2) is 6.36. The monoisotopic (exact) mass is 252 g/mol. The Balaban J connectivity index is 1.75. The van der Waals surface area contributed by atoms with E-state index in [1.165, 1.54) is 0 Å². The zero-order valence-corrected chi connectivity index (χ0v) is 11.6. The van der Waals surface area contributed by atoms with Crippen molar-refractivity contribution in [1.29, 1.82) is 0 Å². The fourth-order valence-electron chi connectivity index (χ4n) is 2.40. The zero-order valence-electron chi connectivity index (χ0n) is 11.6. The molecule has 1 aliphatic carbocycles. The number of nitrogens with zero attached hydrogens (tertiary/aromatic N) is 1. The number of ether oxygens (including phenoxy) is 1. The van der Waals surface area contributed by atoms with E-state index in [4.69, 9.17) is 9.15 Å². The topological polar surface area (TPSA) is 37.6 Å². The minimum atomic E-state index is 0.297. The Hall–Kier alpha value is -0.840. The molecule has 0 amide bonds. The summed E-state index contributed by atoms with van der Waals surface area (Å²) in [4.78, 5) is 2.19. The lowest BCUT2D eigenvalue weighted by Gasteiger charge is -2.37. The molecule has 102 valence electrons. The first kappa shape index (κ1) is 13.6. The van der Waals surface area contributed by atoms with Gasteiger partial charge in [0.15, 0.2) is 0 Å². The highest BCUT2D eigenvalue weighted by Gasteiger charge is 2.30. The van der Waals surface area contributed by atoms with Gasteiger partial charge < -0.3 is 14.5 Å². The molecule has 0 spiro atoms. The number of hydrogen-bond donors (Lipinski definition) is 1. The first-order valence-corrected chi connectivity index (χ1v) is 6.75. The van der Waals surface area contributed by atoms with Crippen molar-refractivity contribution in [3.8, 4) is 0 Å². The molecule has 1 aromatic heterocycles. The molecule has 18 heavy (non-hydrogen) atoms. The maximum Gasteiger partial charge on any atom is 0.122 e. The molecule has 0 aliphatic heterocycles. The Bertz CT molecular complexity index is 332.